The van der Waals surface area contributed by atoms with Crippen molar-refractivity contribution in [3.05, 3.63) is 48.3 Å². The van der Waals surface area contributed by atoms with Crippen LogP contribution in [0.15, 0.2) is 42.7 Å². The van der Waals surface area contributed by atoms with Crippen LogP contribution in [0.1, 0.15) is 25.3 Å². The standard InChI is InChI=1S/C16H21N3O2/c1-2-9-19-13-14(11-17-19)12-18(10-8-16(20)21)15-6-4-3-5-7-15/h3-7,11,13H,2,8-10,12H2,1H3,(H,20,21). The second-order valence-electron chi connectivity index (χ2n) is 5.01. The summed E-state index contributed by atoms with van der Waals surface area (Å²) in [7, 11) is 0. The predicted molar refractivity (Wildman–Crippen MR) is 82.3 cm³/mol. The second-order valence-corrected chi connectivity index (χ2v) is 5.01. The fourth-order valence-corrected chi connectivity index (χ4v) is 2.23. The number of nitrogens with zero attached hydrogens (tertiary/aromatic N) is 3. The highest BCUT2D eigenvalue weighted by atomic mass is 16.4. The molecule has 5 heteroatoms. The van der Waals surface area contributed by atoms with Crippen molar-refractivity contribution in [2.75, 3.05) is 11.4 Å². The Morgan fingerprint density at radius 3 is 2.76 bits per heavy atom. The molecule has 0 spiro atoms. The maximum Gasteiger partial charge on any atom is 0.305 e. The van der Waals surface area contributed by atoms with E-state index in [-0.39, 0.29) is 6.42 Å². The van der Waals surface area contributed by atoms with Crippen molar-refractivity contribution in [3.8, 4) is 0 Å². The van der Waals surface area contributed by atoms with Gasteiger partial charge in [-0.05, 0) is 18.6 Å². The molecule has 1 aromatic heterocycles. The fourth-order valence-electron chi connectivity index (χ4n) is 2.23. The van der Waals surface area contributed by atoms with E-state index in [0.29, 0.717) is 13.1 Å². The lowest BCUT2D eigenvalue weighted by molar-refractivity contribution is -0.136. The minimum atomic E-state index is -0.780. The summed E-state index contributed by atoms with van der Waals surface area (Å²) in [6.45, 7) is 4.17. The van der Waals surface area contributed by atoms with E-state index in [1.165, 1.54) is 0 Å². The Hall–Kier alpha value is -2.30. The van der Waals surface area contributed by atoms with E-state index in [2.05, 4.69) is 16.9 Å². The highest BCUT2D eigenvalue weighted by Crippen LogP contribution is 2.17. The van der Waals surface area contributed by atoms with Gasteiger partial charge in [0.1, 0.15) is 0 Å². The number of carboxylic acid groups (broad SMARTS) is 1. The van der Waals surface area contributed by atoms with E-state index in [1.54, 1.807) is 0 Å². The van der Waals surface area contributed by atoms with Gasteiger partial charge >= 0.3 is 5.97 Å². The molecule has 0 unspecified atom stereocenters. The summed E-state index contributed by atoms with van der Waals surface area (Å²) in [5, 5.41) is 13.2. The molecule has 0 atom stereocenters. The predicted octanol–water partition coefficient (Wildman–Crippen LogP) is 2.77. The van der Waals surface area contributed by atoms with Crippen molar-refractivity contribution in [1.82, 2.24) is 9.78 Å². The highest BCUT2D eigenvalue weighted by molar-refractivity contribution is 5.67. The summed E-state index contributed by atoms with van der Waals surface area (Å²) >= 11 is 0. The molecular weight excluding hydrogens is 266 g/mol. The first kappa shape index (κ1) is 15.1. The summed E-state index contributed by atoms with van der Waals surface area (Å²) in [4.78, 5) is 12.9. The number of carbonyl (C=O) groups is 1. The topological polar surface area (TPSA) is 58.4 Å². The van der Waals surface area contributed by atoms with Gasteiger partial charge in [-0.3, -0.25) is 9.48 Å². The van der Waals surface area contributed by atoms with Crippen LogP contribution in [0.3, 0.4) is 0 Å². The molecule has 0 fully saturated rings. The molecule has 0 amide bonds. The summed E-state index contributed by atoms with van der Waals surface area (Å²) in [6.07, 6.45) is 5.05. The van der Waals surface area contributed by atoms with Crippen molar-refractivity contribution in [2.45, 2.75) is 32.9 Å². The van der Waals surface area contributed by atoms with Crippen LogP contribution in [0.4, 0.5) is 5.69 Å². The maximum absolute atomic E-state index is 10.8. The van der Waals surface area contributed by atoms with Gasteiger partial charge in [-0.1, -0.05) is 25.1 Å². The van der Waals surface area contributed by atoms with Crippen molar-refractivity contribution in [1.29, 1.82) is 0 Å². The van der Waals surface area contributed by atoms with Gasteiger partial charge in [0.05, 0.1) is 12.6 Å². The fraction of sp³-hybridized carbons (Fsp3) is 0.375. The number of rotatable bonds is 8. The van der Waals surface area contributed by atoms with Gasteiger partial charge in [0, 0.05) is 37.1 Å². The molecular formula is C16H21N3O2. The Morgan fingerprint density at radius 1 is 1.33 bits per heavy atom. The SMILES string of the molecule is CCCn1cc(CN(CCC(=O)O)c2ccccc2)cn1. The number of hydrogen-bond donors (Lipinski definition) is 1. The first-order valence-electron chi connectivity index (χ1n) is 7.22. The number of hydrogen-bond acceptors (Lipinski definition) is 3. The molecule has 112 valence electrons. The third-order valence-electron chi connectivity index (χ3n) is 3.23. The Bertz CT molecular complexity index is 566. The number of aryl methyl sites for hydroxylation is 1. The lowest BCUT2D eigenvalue weighted by Gasteiger charge is -2.23. The lowest BCUT2D eigenvalue weighted by Crippen LogP contribution is -2.25. The Kier molecular flexibility index (Phi) is 5.37. The zero-order valence-electron chi connectivity index (χ0n) is 12.3. The number of anilines is 1. The largest absolute Gasteiger partial charge is 0.481 e. The summed E-state index contributed by atoms with van der Waals surface area (Å²) in [6, 6.07) is 9.88. The zero-order chi connectivity index (χ0) is 15.1. The van der Waals surface area contributed by atoms with E-state index in [4.69, 9.17) is 5.11 Å². The van der Waals surface area contributed by atoms with E-state index >= 15 is 0 Å². The normalized spacial score (nSPS) is 10.5. The van der Waals surface area contributed by atoms with Gasteiger partial charge in [-0.15, -0.1) is 0 Å². The van der Waals surface area contributed by atoms with E-state index < -0.39 is 5.97 Å². The van der Waals surface area contributed by atoms with Gasteiger partial charge in [-0.2, -0.15) is 5.10 Å². The molecule has 0 bridgehead atoms. The Balaban J connectivity index is 2.09. The number of benzene rings is 1. The van der Waals surface area contributed by atoms with Crippen LogP contribution in [0.25, 0.3) is 0 Å². The third-order valence-corrected chi connectivity index (χ3v) is 3.23. The Labute approximate surface area is 124 Å². The molecule has 5 nitrogen and oxygen atoms in total. The average molecular weight is 287 g/mol. The maximum atomic E-state index is 10.8. The quantitative estimate of drug-likeness (QED) is 0.811. The molecule has 0 saturated heterocycles. The second kappa shape index (κ2) is 7.47. The molecule has 1 heterocycles. The van der Waals surface area contributed by atoms with Gasteiger partial charge in [0.15, 0.2) is 0 Å². The molecule has 0 aliphatic rings. The lowest BCUT2D eigenvalue weighted by atomic mass is 10.2. The molecule has 2 aromatic rings. The van der Waals surface area contributed by atoms with E-state index in [0.717, 1.165) is 24.2 Å². The van der Waals surface area contributed by atoms with Crippen molar-refractivity contribution < 1.29 is 9.90 Å². The number of carboxylic acids is 1. The summed E-state index contributed by atoms with van der Waals surface area (Å²) < 4.78 is 1.93. The molecule has 21 heavy (non-hydrogen) atoms. The Morgan fingerprint density at radius 2 is 2.10 bits per heavy atom. The van der Waals surface area contributed by atoms with E-state index in [9.17, 15) is 4.79 Å². The van der Waals surface area contributed by atoms with Crippen LogP contribution in [0.2, 0.25) is 0 Å². The summed E-state index contributed by atoms with van der Waals surface area (Å²) in [5.74, 6) is -0.780. The van der Waals surface area contributed by atoms with Gasteiger partial charge in [0.25, 0.3) is 0 Å². The molecule has 1 N–H and O–H groups in total. The number of aliphatic carboxylic acids is 1. The van der Waals surface area contributed by atoms with E-state index in [1.807, 2.05) is 47.4 Å². The molecule has 1 aromatic carbocycles. The minimum absolute atomic E-state index is 0.123. The van der Waals surface area contributed by atoms with Crippen LogP contribution in [-0.4, -0.2) is 27.4 Å². The van der Waals surface area contributed by atoms with Gasteiger partial charge in [0.2, 0.25) is 0 Å². The van der Waals surface area contributed by atoms with Crippen LogP contribution in [0.5, 0.6) is 0 Å². The third kappa shape index (κ3) is 4.63. The van der Waals surface area contributed by atoms with Gasteiger partial charge in [-0.25, -0.2) is 0 Å². The first-order valence-corrected chi connectivity index (χ1v) is 7.22. The minimum Gasteiger partial charge on any atom is -0.481 e. The van der Waals surface area contributed by atoms with Crippen LogP contribution < -0.4 is 4.90 Å². The van der Waals surface area contributed by atoms with Crippen molar-refractivity contribution >= 4 is 11.7 Å². The smallest absolute Gasteiger partial charge is 0.305 e. The number of aromatic nitrogens is 2. The van der Waals surface area contributed by atoms with Crippen molar-refractivity contribution in [2.24, 2.45) is 0 Å². The average Bonchev–Trinajstić information content (AvgIpc) is 2.92. The molecule has 2 rings (SSSR count). The van der Waals surface area contributed by atoms with Crippen LogP contribution in [0, 0.1) is 0 Å². The van der Waals surface area contributed by atoms with Crippen LogP contribution >= 0.6 is 0 Å². The van der Waals surface area contributed by atoms with Crippen LogP contribution in [-0.2, 0) is 17.9 Å². The summed E-state index contributed by atoms with van der Waals surface area (Å²) in [5.41, 5.74) is 2.12. The van der Waals surface area contributed by atoms with Crippen molar-refractivity contribution in [3.63, 3.8) is 0 Å². The van der Waals surface area contributed by atoms with Gasteiger partial charge < -0.3 is 10.0 Å². The highest BCUT2D eigenvalue weighted by Gasteiger charge is 2.10. The monoisotopic (exact) mass is 287 g/mol. The molecule has 0 radical (unpaired) electrons. The zero-order valence-corrected chi connectivity index (χ0v) is 12.3. The molecule has 0 aliphatic carbocycles. The molecule has 0 aliphatic heterocycles. The molecule has 0 saturated carbocycles. The first-order chi connectivity index (χ1) is 10.2. The number of para-hydroxylation sites is 1.